The zero-order chi connectivity index (χ0) is 16.8. The molecular weight excluding hydrogens is 284 g/mol. The van der Waals surface area contributed by atoms with Gasteiger partial charge in [0.15, 0.2) is 0 Å². The van der Waals surface area contributed by atoms with Crippen LogP contribution in [0.1, 0.15) is 66.2 Å². The lowest BCUT2D eigenvalue weighted by molar-refractivity contribution is -0.167. The highest BCUT2D eigenvalue weighted by atomic mass is 16.5. The molecule has 0 heterocycles. The number of carbonyl (C=O) groups excluding carboxylic acids is 1. The minimum absolute atomic E-state index is 0.00886. The third kappa shape index (κ3) is 2.49. The van der Waals surface area contributed by atoms with Crippen molar-refractivity contribution < 1.29 is 9.53 Å². The summed E-state index contributed by atoms with van der Waals surface area (Å²) in [7, 11) is 1.55. The van der Waals surface area contributed by atoms with E-state index in [1.165, 1.54) is 12.0 Å². The van der Waals surface area contributed by atoms with Gasteiger partial charge >= 0.3 is 5.97 Å². The fraction of sp³-hybridized carbons (Fsp3) is 0.762. The van der Waals surface area contributed by atoms with Crippen molar-refractivity contribution in [1.82, 2.24) is 0 Å². The van der Waals surface area contributed by atoms with Crippen molar-refractivity contribution >= 4 is 5.97 Å². The van der Waals surface area contributed by atoms with Crippen LogP contribution in [0, 0.1) is 28.6 Å². The standard InChI is InChI=1S/C21H32O2/c1-14-7-9-17-16(13-15(14)2)8-10-18-20(17,3)11-6-12-21(18,4)19(22)23-5/h7,13,15,17-18H,6,8-12H2,1-5H3/t15-,17-,18+,20+,21+/m0/s1. The average molecular weight is 316 g/mol. The molecule has 0 N–H and O–H groups in total. The van der Waals surface area contributed by atoms with Gasteiger partial charge in [-0.05, 0) is 69.1 Å². The molecule has 0 aromatic carbocycles. The monoisotopic (exact) mass is 316 g/mol. The zero-order valence-corrected chi connectivity index (χ0v) is 15.4. The second kappa shape index (κ2) is 5.79. The highest BCUT2D eigenvalue weighted by Crippen LogP contribution is 2.62. The zero-order valence-electron chi connectivity index (χ0n) is 15.4. The van der Waals surface area contributed by atoms with Crippen LogP contribution in [0.25, 0.3) is 0 Å². The maximum absolute atomic E-state index is 12.6. The highest BCUT2D eigenvalue weighted by molar-refractivity contribution is 5.77. The average Bonchev–Trinajstić information content (AvgIpc) is 2.66. The number of fused-ring (bicyclic) bond motifs is 3. The van der Waals surface area contributed by atoms with Crippen LogP contribution >= 0.6 is 0 Å². The Labute approximate surface area is 141 Å². The first-order valence-electron chi connectivity index (χ1n) is 9.28. The van der Waals surface area contributed by atoms with E-state index >= 15 is 0 Å². The fourth-order valence-corrected chi connectivity index (χ4v) is 5.93. The summed E-state index contributed by atoms with van der Waals surface area (Å²) in [6.07, 6.45) is 11.8. The van der Waals surface area contributed by atoms with Gasteiger partial charge in [0.1, 0.15) is 0 Å². The molecule has 0 aromatic rings. The highest BCUT2D eigenvalue weighted by Gasteiger charge is 2.57. The number of carbonyl (C=O) groups is 1. The first kappa shape index (κ1) is 16.8. The Morgan fingerprint density at radius 1 is 1.30 bits per heavy atom. The first-order chi connectivity index (χ1) is 10.8. The van der Waals surface area contributed by atoms with Gasteiger partial charge in [-0.1, -0.05) is 43.6 Å². The summed E-state index contributed by atoms with van der Waals surface area (Å²) >= 11 is 0. The lowest BCUT2D eigenvalue weighted by Crippen LogP contribution is -2.53. The molecule has 0 radical (unpaired) electrons. The van der Waals surface area contributed by atoms with Crippen molar-refractivity contribution in [3.63, 3.8) is 0 Å². The lowest BCUT2D eigenvalue weighted by Gasteiger charge is -2.57. The van der Waals surface area contributed by atoms with E-state index in [0.29, 0.717) is 17.8 Å². The van der Waals surface area contributed by atoms with Gasteiger partial charge in [-0.25, -0.2) is 0 Å². The lowest BCUT2D eigenvalue weighted by atomic mass is 9.46. The summed E-state index contributed by atoms with van der Waals surface area (Å²) in [5, 5.41) is 0. The summed E-state index contributed by atoms with van der Waals surface area (Å²) in [6, 6.07) is 0. The molecule has 0 bridgehead atoms. The molecule has 3 aliphatic rings. The van der Waals surface area contributed by atoms with Gasteiger partial charge in [-0.15, -0.1) is 0 Å². The minimum atomic E-state index is -0.302. The van der Waals surface area contributed by atoms with Crippen molar-refractivity contribution in [1.29, 1.82) is 0 Å². The molecule has 2 heteroatoms. The van der Waals surface area contributed by atoms with Crippen LogP contribution in [0.15, 0.2) is 23.3 Å². The van der Waals surface area contributed by atoms with Crippen molar-refractivity contribution in [2.24, 2.45) is 28.6 Å². The predicted octanol–water partition coefficient (Wildman–Crippen LogP) is 5.29. The molecule has 0 aromatic heterocycles. The van der Waals surface area contributed by atoms with Crippen molar-refractivity contribution in [3.8, 4) is 0 Å². The second-order valence-corrected chi connectivity index (χ2v) is 8.63. The molecule has 0 spiro atoms. The van der Waals surface area contributed by atoms with E-state index in [2.05, 4.69) is 39.8 Å². The van der Waals surface area contributed by atoms with Gasteiger partial charge in [0.05, 0.1) is 12.5 Å². The molecular formula is C21H32O2. The molecule has 3 aliphatic carbocycles. The quantitative estimate of drug-likeness (QED) is 0.485. The van der Waals surface area contributed by atoms with E-state index in [9.17, 15) is 4.79 Å². The summed E-state index contributed by atoms with van der Waals surface area (Å²) < 4.78 is 5.22. The normalized spacial score (nSPS) is 43.4. The topological polar surface area (TPSA) is 26.3 Å². The van der Waals surface area contributed by atoms with Gasteiger partial charge in [-0.2, -0.15) is 0 Å². The summed E-state index contributed by atoms with van der Waals surface area (Å²) in [5.41, 5.74) is 3.08. The number of methoxy groups -OCH3 is 1. The molecule has 3 rings (SSSR count). The number of rotatable bonds is 1. The molecule has 0 aliphatic heterocycles. The van der Waals surface area contributed by atoms with Gasteiger partial charge < -0.3 is 4.74 Å². The Hall–Kier alpha value is -1.05. The Morgan fingerprint density at radius 2 is 2.04 bits per heavy atom. The Kier molecular flexibility index (Phi) is 4.23. The van der Waals surface area contributed by atoms with Gasteiger partial charge in [0.25, 0.3) is 0 Å². The van der Waals surface area contributed by atoms with Crippen LogP contribution in [0.5, 0.6) is 0 Å². The number of allylic oxidation sites excluding steroid dienone is 4. The van der Waals surface area contributed by atoms with E-state index in [1.54, 1.807) is 12.7 Å². The van der Waals surface area contributed by atoms with E-state index in [0.717, 1.165) is 32.1 Å². The molecule has 128 valence electrons. The number of ether oxygens (including phenoxy) is 1. The maximum Gasteiger partial charge on any atom is 0.311 e. The third-order valence-corrected chi connectivity index (χ3v) is 7.45. The Bertz CT molecular complexity index is 558. The van der Waals surface area contributed by atoms with E-state index in [-0.39, 0.29) is 16.8 Å². The Morgan fingerprint density at radius 3 is 2.74 bits per heavy atom. The Balaban J connectivity index is 2.00. The van der Waals surface area contributed by atoms with Crippen LogP contribution in [-0.4, -0.2) is 13.1 Å². The molecule has 2 nitrogen and oxygen atoms in total. The second-order valence-electron chi connectivity index (χ2n) is 8.63. The van der Waals surface area contributed by atoms with Crippen molar-refractivity contribution in [3.05, 3.63) is 23.3 Å². The molecule has 0 saturated heterocycles. The molecule has 2 saturated carbocycles. The SMILES string of the molecule is COC(=O)[C@]1(C)CCC[C@@]2(C)[C@H]1CCC1=C[C@H](C)C(C)=CC[C@@H]12. The summed E-state index contributed by atoms with van der Waals surface area (Å²) in [4.78, 5) is 12.6. The third-order valence-electron chi connectivity index (χ3n) is 7.45. The predicted molar refractivity (Wildman–Crippen MR) is 93.9 cm³/mol. The first-order valence-corrected chi connectivity index (χ1v) is 9.28. The van der Waals surface area contributed by atoms with E-state index in [4.69, 9.17) is 4.74 Å². The fourth-order valence-electron chi connectivity index (χ4n) is 5.93. The van der Waals surface area contributed by atoms with Gasteiger partial charge in [0.2, 0.25) is 0 Å². The largest absolute Gasteiger partial charge is 0.469 e. The maximum atomic E-state index is 12.6. The van der Waals surface area contributed by atoms with Crippen LogP contribution in [0.2, 0.25) is 0 Å². The summed E-state index contributed by atoms with van der Waals surface area (Å²) in [5.74, 6) is 1.62. The van der Waals surface area contributed by atoms with E-state index < -0.39 is 0 Å². The van der Waals surface area contributed by atoms with Crippen LogP contribution in [0.3, 0.4) is 0 Å². The van der Waals surface area contributed by atoms with Crippen molar-refractivity contribution in [2.75, 3.05) is 7.11 Å². The number of esters is 1. The number of hydrogen-bond acceptors (Lipinski definition) is 2. The smallest absolute Gasteiger partial charge is 0.311 e. The van der Waals surface area contributed by atoms with Gasteiger partial charge in [-0.3, -0.25) is 4.79 Å². The van der Waals surface area contributed by atoms with Crippen LogP contribution in [0.4, 0.5) is 0 Å². The van der Waals surface area contributed by atoms with E-state index in [1.807, 2.05) is 0 Å². The minimum Gasteiger partial charge on any atom is -0.469 e. The molecule has 2 fully saturated rings. The molecule has 5 atom stereocenters. The van der Waals surface area contributed by atoms with Gasteiger partial charge in [0, 0.05) is 0 Å². The van der Waals surface area contributed by atoms with Crippen molar-refractivity contribution in [2.45, 2.75) is 66.2 Å². The molecule has 23 heavy (non-hydrogen) atoms. The number of hydrogen-bond donors (Lipinski definition) is 0. The molecule has 0 amide bonds. The van der Waals surface area contributed by atoms with Crippen LogP contribution in [-0.2, 0) is 9.53 Å². The van der Waals surface area contributed by atoms with Crippen LogP contribution < -0.4 is 0 Å². The molecule has 0 unspecified atom stereocenters. The summed E-state index contributed by atoms with van der Waals surface area (Å²) in [6.45, 7) is 9.19.